The van der Waals surface area contributed by atoms with E-state index in [9.17, 15) is 9.00 Å². The summed E-state index contributed by atoms with van der Waals surface area (Å²) in [5.41, 5.74) is 0. The van der Waals surface area contributed by atoms with Crippen LogP contribution in [0.2, 0.25) is 0 Å². The Balaban J connectivity index is 2.29. The van der Waals surface area contributed by atoms with E-state index in [1.54, 1.807) is 7.05 Å². The molecule has 3 unspecified atom stereocenters. The molecular formula is C12H20N2O3S. The van der Waals surface area contributed by atoms with Crippen molar-refractivity contribution in [3.8, 4) is 6.07 Å². The number of ether oxygens (including phenoxy) is 1. The number of hydrogen-bond acceptors (Lipinski definition) is 4. The molecule has 3 atom stereocenters. The number of nitriles is 1. The Labute approximate surface area is 111 Å². The van der Waals surface area contributed by atoms with Crippen LogP contribution in [0.3, 0.4) is 0 Å². The van der Waals surface area contributed by atoms with Gasteiger partial charge >= 0.3 is 0 Å². The van der Waals surface area contributed by atoms with Crippen molar-refractivity contribution in [2.75, 3.05) is 26.0 Å². The van der Waals surface area contributed by atoms with Crippen LogP contribution in [0.25, 0.3) is 0 Å². The molecule has 0 spiro atoms. The van der Waals surface area contributed by atoms with Gasteiger partial charge in [-0.2, -0.15) is 5.26 Å². The van der Waals surface area contributed by atoms with Gasteiger partial charge < -0.3 is 9.64 Å². The molecule has 5 nitrogen and oxygen atoms in total. The fourth-order valence-electron chi connectivity index (χ4n) is 1.93. The quantitative estimate of drug-likeness (QED) is 0.712. The molecule has 1 saturated heterocycles. The molecule has 0 saturated carbocycles. The van der Waals surface area contributed by atoms with E-state index in [2.05, 4.69) is 0 Å². The SMILES string of the molecule is CC1OCCC1S(=O)CCC(=O)N(C)CCC#N. The van der Waals surface area contributed by atoms with Crippen LogP contribution in [0, 0.1) is 11.3 Å². The molecule has 0 aromatic rings. The van der Waals surface area contributed by atoms with E-state index in [0.717, 1.165) is 6.42 Å². The summed E-state index contributed by atoms with van der Waals surface area (Å²) in [5, 5.41) is 8.49. The van der Waals surface area contributed by atoms with Gasteiger partial charge in [0, 0.05) is 43.2 Å². The molecule has 18 heavy (non-hydrogen) atoms. The van der Waals surface area contributed by atoms with Gasteiger partial charge in [-0.05, 0) is 13.3 Å². The summed E-state index contributed by atoms with van der Waals surface area (Å²) >= 11 is 0. The first kappa shape index (κ1) is 15.1. The summed E-state index contributed by atoms with van der Waals surface area (Å²) in [5.74, 6) is 0.332. The van der Waals surface area contributed by atoms with Gasteiger partial charge in [-0.15, -0.1) is 0 Å². The molecule has 0 aromatic heterocycles. The number of carbonyl (C=O) groups excluding carboxylic acids is 1. The highest BCUT2D eigenvalue weighted by Gasteiger charge is 2.29. The van der Waals surface area contributed by atoms with Gasteiger partial charge in [-0.3, -0.25) is 9.00 Å². The van der Waals surface area contributed by atoms with Gasteiger partial charge in [0.2, 0.25) is 5.91 Å². The molecule has 0 N–H and O–H groups in total. The Hall–Kier alpha value is -0.930. The fraction of sp³-hybridized carbons (Fsp3) is 0.833. The molecule has 0 radical (unpaired) electrons. The summed E-state index contributed by atoms with van der Waals surface area (Å²) < 4.78 is 17.4. The minimum atomic E-state index is -1.01. The average molecular weight is 272 g/mol. The number of nitrogens with zero attached hydrogens (tertiary/aromatic N) is 2. The highest BCUT2D eigenvalue weighted by Crippen LogP contribution is 2.19. The molecular weight excluding hydrogens is 252 g/mol. The van der Waals surface area contributed by atoms with Crippen LogP contribution in [0.5, 0.6) is 0 Å². The van der Waals surface area contributed by atoms with Crippen molar-refractivity contribution in [2.24, 2.45) is 0 Å². The summed E-state index contributed by atoms with van der Waals surface area (Å²) in [4.78, 5) is 13.2. The summed E-state index contributed by atoms with van der Waals surface area (Å²) in [6.45, 7) is 3.02. The van der Waals surface area contributed by atoms with Gasteiger partial charge in [0.1, 0.15) is 0 Å². The lowest BCUT2D eigenvalue weighted by atomic mass is 10.3. The molecule has 6 heteroatoms. The summed E-state index contributed by atoms with van der Waals surface area (Å²) in [7, 11) is 0.665. The summed E-state index contributed by atoms with van der Waals surface area (Å²) in [6.07, 6.45) is 1.44. The molecule has 0 bridgehead atoms. The Kier molecular flexibility index (Phi) is 6.30. The average Bonchev–Trinajstić information content (AvgIpc) is 2.78. The number of amides is 1. The van der Waals surface area contributed by atoms with Crippen molar-refractivity contribution in [3.05, 3.63) is 0 Å². The van der Waals surface area contributed by atoms with Crippen LogP contribution in [0.4, 0.5) is 0 Å². The van der Waals surface area contributed by atoms with Crippen molar-refractivity contribution in [2.45, 2.75) is 37.5 Å². The third-order valence-corrected chi connectivity index (χ3v) is 5.05. The topological polar surface area (TPSA) is 70.4 Å². The molecule has 1 aliphatic heterocycles. The maximum absolute atomic E-state index is 12.0. The number of rotatable bonds is 6. The second kappa shape index (κ2) is 7.49. The second-order valence-electron chi connectivity index (χ2n) is 4.46. The fourth-order valence-corrected chi connectivity index (χ4v) is 3.47. The van der Waals surface area contributed by atoms with Gasteiger partial charge in [0.25, 0.3) is 0 Å². The standard InChI is InChI=1S/C12H20N2O3S/c1-10-11(4-8-17-10)18(16)9-5-12(15)14(2)7-3-6-13/h10-11H,3-5,7-9H2,1-2H3. The molecule has 1 rings (SSSR count). The van der Waals surface area contributed by atoms with Crippen LogP contribution in [-0.2, 0) is 20.3 Å². The largest absolute Gasteiger partial charge is 0.377 e. The zero-order valence-corrected chi connectivity index (χ0v) is 11.7. The van der Waals surface area contributed by atoms with Gasteiger partial charge in [-0.25, -0.2) is 0 Å². The van der Waals surface area contributed by atoms with E-state index >= 15 is 0 Å². The first-order valence-corrected chi connectivity index (χ1v) is 7.54. The second-order valence-corrected chi connectivity index (χ2v) is 6.24. The monoisotopic (exact) mass is 272 g/mol. The minimum absolute atomic E-state index is 0.0252. The predicted molar refractivity (Wildman–Crippen MR) is 69.3 cm³/mol. The molecule has 0 aromatic carbocycles. The van der Waals surface area contributed by atoms with Crippen LogP contribution < -0.4 is 0 Å². The lowest BCUT2D eigenvalue weighted by molar-refractivity contribution is -0.129. The van der Waals surface area contributed by atoms with Gasteiger partial charge in [0.05, 0.1) is 23.8 Å². The number of carbonyl (C=O) groups is 1. The Bertz CT molecular complexity index is 354. The summed E-state index contributed by atoms with van der Waals surface area (Å²) in [6, 6.07) is 2.00. The van der Waals surface area contributed by atoms with Crippen molar-refractivity contribution in [1.29, 1.82) is 5.26 Å². The maximum atomic E-state index is 12.0. The zero-order chi connectivity index (χ0) is 13.5. The Morgan fingerprint density at radius 3 is 2.89 bits per heavy atom. The van der Waals surface area contributed by atoms with Crippen molar-refractivity contribution >= 4 is 16.7 Å². The van der Waals surface area contributed by atoms with Crippen molar-refractivity contribution in [1.82, 2.24) is 4.90 Å². The van der Waals surface area contributed by atoms with Gasteiger partial charge in [0.15, 0.2) is 0 Å². The molecule has 0 aliphatic carbocycles. The number of hydrogen-bond donors (Lipinski definition) is 0. The third-order valence-electron chi connectivity index (χ3n) is 3.15. The first-order chi connectivity index (χ1) is 8.56. The zero-order valence-electron chi connectivity index (χ0n) is 10.9. The third kappa shape index (κ3) is 4.39. The molecule has 1 heterocycles. The van der Waals surface area contributed by atoms with Crippen LogP contribution >= 0.6 is 0 Å². The Morgan fingerprint density at radius 1 is 1.61 bits per heavy atom. The normalized spacial score (nSPS) is 24.5. The first-order valence-electron chi connectivity index (χ1n) is 6.16. The van der Waals surface area contributed by atoms with Crippen LogP contribution in [0.1, 0.15) is 26.2 Å². The highest BCUT2D eigenvalue weighted by molar-refractivity contribution is 7.85. The lowest BCUT2D eigenvalue weighted by Crippen LogP contribution is -2.31. The van der Waals surface area contributed by atoms with Gasteiger partial charge in [-0.1, -0.05) is 0 Å². The van der Waals surface area contributed by atoms with Crippen LogP contribution in [0.15, 0.2) is 0 Å². The molecule has 1 aliphatic rings. The van der Waals surface area contributed by atoms with E-state index in [4.69, 9.17) is 10.00 Å². The van der Waals surface area contributed by atoms with Crippen LogP contribution in [-0.4, -0.2) is 52.3 Å². The highest BCUT2D eigenvalue weighted by atomic mass is 32.2. The van der Waals surface area contributed by atoms with E-state index in [1.807, 2.05) is 13.0 Å². The minimum Gasteiger partial charge on any atom is -0.377 e. The molecule has 1 fully saturated rings. The Morgan fingerprint density at radius 2 is 2.33 bits per heavy atom. The smallest absolute Gasteiger partial charge is 0.223 e. The predicted octanol–water partition coefficient (Wildman–Crippen LogP) is 0.675. The molecule has 1 amide bonds. The van der Waals surface area contributed by atoms with E-state index in [0.29, 0.717) is 25.3 Å². The molecule has 102 valence electrons. The van der Waals surface area contributed by atoms with E-state index in [1.165, 1.54) is 4.90 Å². The van der Waals surface area contributed by atoms with E-state index < -0.39 is 10.8 Å². The lowest BCUT2D eigenvalue weighted by Gasteiger charge is -2.17. The van der Waals surface area contributed by atoms with Crippen molar-refractivity contribution in [3.63, 3.8) is 0 Å². The van der Waals surface area contributed by atoms with Crippen molar-refractivity contribution < 1.29 is 13.7 Å². The maximum Gasteiger partial charge on any atom is 0.223 e. The van der Waals surface area contributed by atoms with E-state index in [-0.39, 0.29) is 23.7 Å².